The van der Waals surface area contributed by atoms with Crippen molar-refractivity contribution < 1.29 is 19.1 Å². The minimum absolute atomic E-state index is 0.231. The van der Waals surface area contributed by atoms with Crippen LogP contribution < -0.4 is 4.90 Å². The van der Waals surface area contributed by atoms with Crippen LogP contribution in [0.15, 0.2) is 42.5 Å². The number of esters is 1. The molecule has 0 N–H and O–H groups in total. The monoisotopic (exact) mass is 323 g/mol. The van der Waals surface area contributed by atoms with Crippen molar-refractivity contribution in [3.8, 4) is 0 Å². The van der Waals surface area contributed by atoms with Crippen LogP contribution in [-0.4, -0.2) is 24.4 Å². The van der Waals surface area contributed by atoms with Gasteiger partial charge in [0.05, 0.1) is 29.0 Å². The summed E-state index contributed by atoms with van der Waals surface area (Å²) in [5.41, 5.74) is 2.19. The summed E-state index contributed by atoms with van der Waals surface area (Å²) >= 11 is 0. The highest BCUT2D eigenvalue weighted by molar-refractivity contribution is 6.34. The predicted molar refractivity (Wildman–Crippen MR) is 89.3 cm³/mol. The maximum absolute atomic E-state index is 12.7. The number of anilines is 1. The topological polar surface area (TPSA) is 63.7 Å². The number of fused-ring (bicyclic) bond motifs is 1. The number of aryl methyl sites for hydroxylation is 1. The third-order valence-corrected chi connectivity index (χ3v) is 3.92. The zero-order chi connectivity index (χ0) is 17.3. The molecule has 2 aromatic carbocycles. The minimum Gasteiger partial charge on any atom is -0.462 e. The molecule has 1 aliphatic heterocycles. The average molecular weight is 323 g/mol. The lowest BCUT2D eigenvalue weighted by atomic mass is 10.1. The molecular weight excluding hydrogens is 306 g/mol. The average Bonchev–Trinajstić information content (AvgIpc) is 2.84. The molecule has 0 bridgehead atoms. The van der Waals surface area contributed by atoms with Crippen LogP contribution in [0.4, 0.5) is 5.69 Å². The van der Waals surface area contributed by atoms with Gasteiger partial charge in [0.15, 0.2) is 0 Å². The summed E-state index contributed by atoms with van der Waals surface area (Å²) in [6, 6.07) is 11.7. The fraction of sp³-hybridized carbons (Fsp3) is 0.211. The van der Waals surface area contributed by atoms with Crippen LogP contribution in [0, 0.1) is 6.92 Å². The SMILES string of the molecule is CCCOC(=O)c1ccc2c(c1)C(=O)N(c1ccccc1C)C2=O. The Bertz CT molecular complexity index is 841. The highest BCUT2D eigenvalue weighted by Gasteiger charge is 2.37. The first-order valence-corrected chi connectivity index (χ1v) is 7.80. The molecule has 0 fully saturated rings. The Morgan fingerprint density at radius 1 is 1.04 bits per heavy atom. The van der Waals surface area contributed by atoms with Gasteiger partial charge in [0.25, 0.3) is 11.8 Å². The van der Waals surface area contributed by atoms with Gasteiger partial charge in [-0.05, 0) is 43.2 Å². The Kier molecular flexibility index (Phi) is 4.16. The Morgan fingerprint density at radius 3 is 2.46 bits per heavy atom. The number of nitrogens with zero attached hydrogens (tertiary/aromatic N) is 1. The molecule has 0 radical (unpaired) electrons. The number of carbonyl (C=O) groups is 3. The van der Waals surface area contributed by atoms with Gasteiger partial charge in [-0.15, -0.1) is 0 Å². The molecule has 5 nitrogen and oxygen atoms in total. The quantitative estimate of drug-likeness (QED) is 0.639. The first-order valence-electron chi connectivity index (χ1n) is 7.80. The minimum atomic E-state index is -0.491. The first kappa shape index (κ1) is 15.9. The van der Waals surface area contributed by atoms with Crippen molar-refractivity contribution in [2.75, 3.05) is 11.5 Å². The summed E-state index contributed by atoms with van der Waals surface area (Å²) in [7, 11) is 0. The van der Waals surface area contributed by atoms with Crippen LogP contribution in [0.1, 0.15) is 50.0 Å². The number of imide groups is 1. The van der Waals surface area contributed by atoms with Crippen LogP contribution >= 0.6 is 0 Å². The summed E-state index contributed by atoms with van der Waals surface area (Å²) < 4.78 is 5.08. The number of para-hydroxylation sites is 1. The summed E-state index contributed by atoms with van der Waals surface area (Å²) in [4.78, 5) is 38.4. The van der Waals surface area contributed by atoms with Crippen LogP contribution in [0.2, 0.25) is 0 Å². The maximum atomic E-state index is 12.7. The van der Waals surface area contributed by atoms with Crippen LogP contribution in [0.3, 0.4) is 0 Å². The number of carbonyl (C=O) groups excluding carboxylic acids is 3. The van der Waals surface area contributed by atoms with E-state index in [1.54, 1.807) is 12.1 Å². The molecule has 0 unspecified atom stereocenters. The third-order valence-electron chi connectivity index (χ3n) is 3.92. The van der Waals surface area contributed by atoms with E-state index in [0.717, 1.165) is 16.9 Å². The number of rotatable bonds is 4. The van der Waals surface area contributed by atoms with Gasteiger partial charge < -0.3 is 4.74 Å². The number of benzene rings is 2. The van der Waals surface area contributed by atoms with Gasteiger partial charge in [0, 0.05) is 0 Å². The van der Waals surface area contributed by atoms with Crippen molar-refractivity contribution in [1.82, 2.24) is 0 Å². The Morgan fingerprint density at radius 2 is 1.75 bits per heavy atom. The molecule has 1 heterocycles. The summed E-state index contributed by atoms with van der Waals surface area (Å²) in [6.45, 7) is 4.06. The molecule has 1 aliphatic rings. The predicted octanol–water partition coefficient (Wildman–Crippen LogP) is 3.36. The molecule has 122 valence electrons. The molecule has 2 aromatic rings. The van der Waals surface area contributed by atoms with E-state index in [0.29, 0.717) is 17.9 Å². The molecule has 24 heavy (non-hydrogen) atoms. The standard InChI is InChI=1S/C19H17NO4/c1-3-10-24-19(23)13-8-9-14-15(11-13)18(22)20(17(14)21)16-7-5-4-6-12(16)2/h4-9,11H,3,10H2,1-2H3. The Hall–Kier alpha value is -2.95. The number of hydrogen-bond donors (Lipinski definition) is 0. The second-order valence-corrected chi connectivity index (χ2v) is 5.63. The largest absolute Gasteiger partial charge is 0.462 e. The summed E-state index contributed by atoms with van der Waals surface area (Å²) in [6.07, 6.45) is 0.717. The Balaban J connectivity index is 1.98. The van der Waals surface area contributed by atoms with Crippen molar-refractivity contribution in [2.45, 2.75) is 20.3 Å². The molecule has 0 atom stereocenters. The Labute approximate surface area is 139 Å². The van der Waals surface area contributed by atoms with Crippen molar-refractivity contribution in [3.05, 3.63) is 64.7 Å². The highest BCUT2D eigenvalue weighted by Crippen LogP contribution is 2.31. The summed E-state index contributed by atoms with van der Waals surface area (Å²) in [5, 5.41) is 0. The third kappa shape index (κ3) is 2.58. The smallest absolute Gasteiger partial charge is 0.338 e. The molecule has 5 heteroatoms. The highest BCUT2D eigenvalue weighted by atomic mass is 16.5. The van der Waals surface area contributed by atoms with Crippen molar-refractivity contribution in [1.29, 1.82) is 0 Å². The second kappa shape index (κ2) is 6.28. The fourth-order valence-corrected chi connectivity index (χ4v) is 2.68. The van der Waals surface area contributed by atoms with Crippen molar-refractivity contribution >= 4 is 23.5 Å². The van der Waals surface area contributed by atoms with Gasteiger partial charge in [0.1, 0.15) is 0 Å². The molecule has 0 saturated carbocycles. The lowest BCUT2D eigenvalue weighted by molar-refractivity contribution is 0.0505. The van der Waals surface area contributed by atoms with Crippen molar-refractivity contribution in [3.63, 3.8) is 0 Å². The van der Waals surface area contributed by atoms with E-state index in [1.807, 2.05) is 26.0 Å². The molecule has 0 aliphatic carbocycles. The van der Waals surface area contributed by atoms with Gasteiger partial charge >= 0.3 is 5.97 Å². The normalized spacial score (nSPS) is 13.2. The second-order valence-electron chi connectivity index (χ2n) is 5.63. The van der Waals surface area contributed by atoms with E-state index in [4.69, 9.17) is 4.74 Å². The molecular formula is C19H17NO4. The molecule has 0 saturated heterocycles. The molecule has 3 rings (SSSR count). The number of hydrogen-bond acceptors (Lipinski definition) is 4. The van der Waals surface area contributed by atoms with Crippen LogP contribution in [0.25, 0.3) is 0 Å². The van der Waals surface area contributed by atoms with E-state index >= 15 is 0 Å². The van der Waals surface area contributed by atoms with Gasteiger partial charge in [-0.3, -0.25) is 9.59 Å². The van der Waals surface area contributed by atoms with E-state index < -0.39 is 11.9 Å². The molecule has 0 spiro atoms. The van der Waals surface area contributed by atoms with E-state index in [2.05, 4.69) is 0 Å². The van der Waals surface area contributed by atoms with Crippen LogP contribution in [-0.2, 0) is 4.74 Å². The number of amides is 2. The van der Waals surface area contributed by atoms with E-state index in [-0.39, 0.29) is 17.0 Å². The molecule has 0 aromatic heterocycles. The van der Waals surface area contributed by atoms with Gasteiger partial charge in [0.2, 0.25) is 0 Å². The zero-order valence-corrected chi connectivity index (χ0v) is 13.5. The van der Waals surface area contributed by atoms with Crippen LogP contribution in [0.5, 0.6) is 0 Å². The lowest BCUT2D eigenvalue weighted by Gasteiger charge is -2.16. The summed E-state index contributed by atoms with van der Waals surface area (Å²) in [5.74, 6) is -1.29. The van der Waals surface area contributed by atoms with Crippen molar-refractivity contribution in [2.24, 2.45) is 0 Å². The first-order chi connectivity index (χ1) is 11.5. The maximum Gasteiger partial charge on any atom is 0.338 e. The van der Waals surface area contributed by atoms with E-state index in [1.165, 1.54) is 18.2 Å². The van der Waals surface area contributed by atoms with Gasteiger partial charge in [-0.1, -0.05) is 25.1 Å². The van der Waals surface area contributed by atoms with E-state index in [9.17, 15) is 14.4 Å². The molecule has 2 amide bonds. The number of ether oxygens (including phenoxy) is 1. The fourth-order valence-electron chi connectivity index (χ4n) is 2.68. The zero-order valence-electron chi connectivity index (χ0n) is 13.5. The van der Waals surface area contributed by atoms with Gasteiger partial charge in [-0.2, -0.15) is 0 Å². The van der Waals surface area contributed by atoms with Gasteiger partial charge in [-0.25, -0.2) is 9.69 Å². The lowest BCUT2D eigenvalue weighted by Crippen LogP contribution is -2.29.